The lowest BCUT2D eigenvalue weighted by Gasteiger charge is -2.62. The molecule has 0 aromatic carbocycles. The summed E-state index contributed by atoms with van der Waals surface area (Å²) in [5.74, 6) is -1.88. The quantitative estimate of drug-likeness (QED) is 0.387. The third-order valence-electron chi connectivity index (χ3n) is 10.6. The first-order chi connectivity index (χ1) is 17.9. The van der Waals surface area contributed by atoms with Crippen molar-refractivity contribution in [3.05, 3.63) is 23.3 Å². The van der Waals surface area contributed by atoms with E-state index in [-0.39, 0.29) is 47.3 Å². The summed E-state index contributed by atoms with van der Waals surface area (Å²) in [6.45, 7) is 9.78. The van der Waals surface area contributed by atoms with Gasteiger partial charge >= 0.3 is 11.9 Å². The molecule has 0 amide bonds. The number of hydrogen-bond donors (Lipinski definition) is 1. The van der Waals surface area contributed by atoms with Gasteiger partial charge in [-0.1, -0.05) is 46.3 Å². The van der Waals surface area contributed by atoms with Crippen LogP contribution >= 0.6 is 11.6 Å². The summed E-state index contributed by atoms with van der Waals surface area (Å²) in [5, 5.41) is 11.7. The van der Waals surface area contributed by atoms with Crippen LogP contribution in [0.15, 0.2) is 28.3 Å². The Labute approximate surface area is 230 Å². The molecule has 0 saturated heterocycles. The van der Waals surface area contributed by atoms with Gasteiger partial charge in [0.2, 0.25) is 5.78 Å². The van der Waals surface area contributed by atoms with Crippen LogP contribution in [0.2, 0.25) is 0 Å². The molecule has 0 spiro atoms. The maximum Gasteiger partial charge on any atom is 0.306 e. The van der Waals surface area contributed by atoms with Gasteiger partial charge in [0, 0.05) is 29.6 Å². The van der Waals surface area contributed by atoms with Crippen molar-refractivity contribution >= 4 is 35.0 Å². The summed E-state index contributed by atoms with van der Waals surface area (Å²) in [4.78, 5) is 43.4. The van der Waals surface area contributed by atoms with Gasteiger partial charge in [-0.2, -0.15) is 0 Å². The lowest BCUT2D eigenvalue weighted by atomic mass is 9.45. The van der Waals surface area contributed by atoms with E-state index in [1.54, 1.807) is 13.8 Å². The molecule has 1 aliphatic heterocycles. The average molecular weight is 546 g/mol. The molecule has 5 aliphatic rings. The highest BCUT2D eigenvalue weighted by Gasteiger charge is 2.74. The number of ketones is 1. The second-order valence-electron chi connectivity index (χ2n) is 12.5. The van der Waals surface area contributed by atoms with E-state index in [0.717, 1.165) is 12.1 Å². The van der Waals surface area contributed by atoms with Crippen LogP contribution in [0, 0.1) is 34.5 Å². The number of fused-ring (bicyclic) bond motifs is 6. The molecule has 0 unspecified atom stereocenters. The van der Waals surface area contributed by atoms with Gasteiger partial charge in [-0.25, -0.2) is 0 Å². The zero-order chi connectivity index (χ0) is 27.6. The lowest BCUT2D eigenvalue weighted by Crippen LogP contribution is -2.65. The normalized spacial score (nSPS) is 43.0. The molecule has 38 heavy (non-hydrogen) atoms. The van der Waals surface area contributed by atoms with Gasteiger partial charge < -0.3 is 14.6 Å². The standard InChI is InChI=1S/C30H40ClNO6/c1-6-24(35)37-15-23(34)30(38-25(36)7-2)16(3)10-19-26-20(31)11-18-12-21-17(8-9-32-21)13-28(18,4)27(26)22(33)14-29(19,30)5/h8,12,16,19-20,22,26-27,33H,6-7,9-11,13-15H2,1-5H3/t16-,19+,20-,22+,26-,27+,28+,29+,30+/m1/s1. The van der Waals surface area contributed by atoms with Crippen LogP contribution in [0.3, 0.4) is 0 Å². The SMILES string of the molecule is CCC(=O)OCC(=O)[C@@]1(OC(=O)CC)[C@H](C)C[C@H]2[C@H]3[C@H]([C@@H](O)C[C@@]21C)[C@@]1(C)CC2=CCN=C2C=C1C[C@H]3Cl. The number of aliphatic hydroxyl groups excluding tert-OH is 1. The van der Waals surface area contributed by atoms with E-state index in [0.29, 0.717) is 25.8 Å². The Kier molecular flexibility index (Phi) is 6.95. The second kappa shape index (κ2) is 9.58. The minimum atomic E-state index is -1.50. The fourth-order valence-corrected chi connectivity index (χ4v) is 9.47. The molecule has 0 radical (unpaired) electrons. The van der Waals surface area contributed by atoms with Gasteiger partial charge in [0.05, 0.1) is 18.4 Å². The number of allylic oxidation sites excluding steroid dienone is 3. The minimum Gasteiger partial charge on any atom is -0.457 e. The molecule has 7 nitrogen and oxygen atoms in total. The molecule has 9 atom stereocenters. The number of rotatable bonds is 6. The topological polar surface area (TPSA) is 102 Å². The van der Waals surface area contributed by atoms with Crippen molar-refractivity contribution < 1.29 is 29.0 Å². The summed E-state index contributed by atoms with van der Waals surface area (Å²) in [6.07, 6.45) is 6.36. The second-order valence-corrected chi connectivity index (χ2v) is 13.0. The fraction of sp³-hybridized carbons (Fsp3) is 0.733. The summed E-state index contributed by atoms with van der Waals surface area (Å²) >= 11 is 7.22. The zero-order valence-electron chi connectivity index (χ0n) is 23.1. The first-order valence-electron chi connectivity index (χ1n) is 14.1. The Morgan fingerprint density at radius 3 is 2.58 bits per heavy atom. The Morgan fingerprint density at radius 2 is 1.89 bits per heavy atom. The molecular formula is C30H40ClNO6. The Bertz CT molecular complexity index is 1140. The molecule has 1 heterocycles. The van der Waals surface area contributed by atoms with E-state index in [2.05, 4.69) is 24.1 Å². The zero-order valence-corrected chi connectivity index (χ0v) is 23.8. The first kappa shape index (κ1) is 27.6. The largest absolute Gasteiger partial charge is 0.457 e. The number of Topliss-reactive ketones (excluding diaryl/α,β-unsaturated/α-hetero) is 1. The predicted octanol–water partition coefficient (Wildman–Crippen LogP) is 4.59. The van der Waals surface area contributed by atoms with Crippen LogP contribution in [0.4, 0.5) is 0 Å². The Balaban J connectivity index is 1.57. The van der Waals surface area contributed by atoms with Crippen molar-refractivity contribution in [2.75, 3.05) is 13.2 Å². The van der Waals surface area contributed by atoms with Crippen LogP contribution in [-0.4, -0.2) is 58.8 Å². The first-order valence-corrected chi connectivity index (χ1v) is 14.5. The van der Waals surface area contributed by atoms with Gasteiger partial charge in [0.15, 0.2) is 12.2 Å². The van der Waals surface area contributed by atoms with Gasteiger partial charge in [0.25, 0.3) is 0 Å². The molecule has 3 fully saturated rings. The number of carbonyl (C=O) groups excluding carboxylic acids is 3. The van der Waals surface area contributed by atoms with E-state index in [9.17, 15) is 19.5 Å². The summed E-state index contributed by atoms with van der Waals surface area (Å²) in [6, 6.07) is 0. The number of ether oxygens (including phenoxy) is 2. The Morgan fingerprint density at radius 1 is 1.18 bits per heavy atom. The molecule has 5 rings (SSSR count). The minimum absolute atomic E-state index is 0.0464. The summed E-state index contributed by atoms with van der Waals surface area (Å²) in [5.41, 5.74) is 0.910. The number of aliphatic hydroxyl groups is 1. The number of esters is 2. The molecule has 1 N–H and O–H groups in total. The molecule has 208 valence electrons. The smallest absolute Gasteiger partial charge is 0.306 e. The average Bonchev–Trinajstić information content (AvgIpc) is 3.40. The summed E-state index contributed by atoms with van der Waals surface area (Å²) < 4.78 is 11.4. The van der Waals surface area contributed by atoms with E-state index in [4.69, 9.17) is 21.1 Å². The van der Waals surface area contributed by atoms with Crippen LogP contribution in [-0.2, 0) is 23.9 Å². The number of aliphatic imine (C=N–C) groups is 1. The third-order valence-corrected chi connectivity index (χ3v) is 11.1. The lowest BCUT2D eigenvalue weighted by molar-refractivity contribution is -0.207. The van der Waals surface area contributed by atoms with Crippen molar-refractivity contribution in [2.45, 2.75) is 90.2 Å². The van der Waals surface area contributed by atoms with E-state index >= 15 is 0 Å². The van der Waals surface area contributed by atoms with E-state index in [1.807, 2.05) is 13.8 Å². The van der Waals surface area contributed by atoms with Crippen molar-refractivity contribution in [3.8, 4) is 0 Å². The monoisotopic (exact) mass is 545 g/mol. The number of alkyl halides is 1. The number of nitrogens with zero attached hydrogens (tertiary/aromatic N) is 1. The molecular weight excluding hydrogens is 506 g/mol. The van der Waals surface area contributed by atoms with Gasteiger partial charge in [-0.3, -0.25) is 19.4 Å². The number of carbonyl (C=O) groups is 3. The highest BCUT2D eigenvalue weighted by atomic mass is 35.5. The predicted molar refractivity (Wildman–Crippen MR) is 144 cm³/mol. The Hall–Kier alpha value is -1.99. The van der Waals surface area contributed by atoms with Crippen LogP contribution in [0.25, 0.3) is 0 Å². The van der Waals surface area contributed by atoms with Crippen molar-refractivity contribution in [3.63, 3.8) is 0 Å². The van der Waals surface area contributed by atoms with Gasteiger partial charge in [-0.05, 0) is 60.5 Å². The molecule has 0 aromatic heterocycles. The van der Waals surface area contributed by atoms with Crippen LogP contribution < -0.4 is 0 Å². The molecule has 4 aliphatic carbocycles. The molecule has 3 saturated carbocycles. The maximum absolute atomic E-state index is 14.0. The van der Waals surface area contributed by atoms with Crippen molar-refractivity contribution in [1.29, 1.82) is 0 Å². The van der Waals surface area contributed by atoms with Crippen molar-refractivity contribution in [1.82, 2.24) is 0 Å². The maximum atomic E-state index is 14.0. The van der Waals surface area contributed by atoms with E-state index in [1.165, 1.54) is 11.1 Å². The van der Waals surface area contributed by atoms with Crippen molar-refractivity contribution in [2.24, 2.45) is 39.5 Å². The highest BCUT2D eigenvalue weighted by Crippen LogP contribution is 2.70. The van der Waals surface area contributed by atoms with Gasteiger partial charge in [-0.15, -0.1) is 11.6 Å². The molecule has 8 heteroatoms. The molecule has 0 bridgehead atoms. The fourth-order valence-electron chi connectivity index (χ4n) is 8.97. The highest BCUT2D eigenvalue weighted by molar-refractivity contribution is 6.21. The third kappa shape index (κ3) is 3.78. The van der Waals surface area contributed by atoms with Crippen LogP contribution in [0.1, 0.15) is 73.1 Å². The summed E-state index contributed by atoms with van der Waals surface area (Å²) in [7, 11) is 0. The van der Waals surface area contributed by atoms with Gasteiger partial charge in [0.1, 0.15) is 0 Å². The molecule has 0 aromatic rings. The van der Waals surface area contributed by atoms with E-state index < -0.39 is 41.4 Å². The number of hydrogen-bond acceptors (Lipinski definition) is 7. The van der Waals surface area contributed by atoms with Crippen LogP contribution in [0.5, 0.6) is 0 Å². The number of halogens is 1.